The van der Waals surface area contributed by atoms with E-state index in [9.17, 15) is 4.79 Å². The Labute approximate surface area is 157 Å². The molecule has 0 bridgehead atoms. The third kappa shape index (κ3) is 3.85. The first-order valence-electron chi connectivity index (χ1n) is 8.79. The SMILES string of the molecule is CCN(CC)c1ccc(-c2cc3ccc(/C=C(/C#N)C(=O)O)cc3o2)cc1. The van der Waals surface area contributed by atoms with Crippen LogP contribution < -0.4 is 4.90 Å². The zero-order chi connectivity index (χ0) is 19.4. The largest absolute Gasteiger partial charge is 0.477 e. The highest BCUT2D eigenvalue weighted by atomic mass is 16.4. The predicted molar refractivity (Wildman–Crippen MR) is 106 cm³/mol. The second kappa shape index (κ2) is 7.79. The molecule has 5 nitrogen and oxygen atoms in total. The van der Waals surface area contributed by atoms with Crippen molar-refractivity contribution in [1.82, 2.24) is 0 Å². The fourth-order valence-corrected chi connectivity index (χ4v) is 3.01. The summed E-state index contributed by atoms with van der Waals surface area (Å²) in [5.41, 5.74) is 3.09. The van der Waals surface area contributed by atoms with E-state index in [4.69, 9.17) is 14.8 Å². The minimum atomic E-state index is -1.24. The first kappa shape index (κ1) is 18.3. The molecule has 2 aromatic carbocycles. The van der Waals surface area contributed by atoms with Gasteiger partial charge in [-0.05, 0) is 61.9 Å². The number of carbonyl (C=O) groups is 1. The Hall–Kier alpha value is -3.52. The molecular weight excluding hydrogens is 340 g/mol. The average Bonchev–Trinajstić information content (AvgIpc) is 3.10. The standard InChI is InChI=1S/C22H20N2O3/c1-3-24(4-2)19-9-7-16(8-10-19)21-13-17-6-5-15(12-20(17)27-21)11-18(14-23)22(25)26/h5-13H,3-4H2,1-2H3,(H,25,26)/b18-11-. The Morgan fingerprint density at radius 2 is 1.85 bits per heavy atom. The van der Waals surface area contributed by atoms with Gasteiger partial charge in [0.1, 0.15) is 23.0 Å². The third-order valence-electron chi connectivity index (χ3n) is 4.49. The smallest absolute Gasteiger partial charge is 0.346 e. The molecule has 3 aromatic rings. The minimum Gasteiger partial charge on any atom is -0.477 e. The molecule has 5 heteroatoms. The van der Waals surface area contributed by atoms with Gasteiger partial charge in [0, 0.05) is 29.7 Å². The number of anilines is 1. The van der Waals surface area contributed by atoms with Crippen molar-refractivity contribution in [2.45, 2.75) is 13.8 Å². The van der Waals surface area contributed by atoms with Crippen molar-refractivity contribution in [3.63, 3.8) is 0 Å². The number of benzene rings is 2. The third-order valence-corrected chi connectivity index (χ3v) is 4.49. The summed E-state index contributed by atoms with van der Waals surface area (Å²) in [6, 6.07) is 17.2. The van der Waals surface area contributed by atoms with Crippen LogP contribution in [0.1, 0.15) is 19.4 Å². The van der Waals surface area contributed by atoms with Gasteiger partial charge < -0.3 is 14.4 Å². The minimum absolute atomic E-state index is 0.312. The van der Waals surface area contributed by atoms with E-state index in [1.54, 1.807) is 18.2 Å². The van der Waals surface area contributed by atoms with Gasteiger partial charge in [-0.2, -0.15) is 5.26 Å². The molecule has 1 aromatic heterocycles. The van der Waals surface area contributed by atoms with Crippen LogP contribution in [0.15, 0.2) is 58.5 Å². The summed E-state index contributed by atoms with van der Waals surface area (Å²) in [6.07, 6.45) is 1.34. The van der Waals surface area contributed by atoms with Crippen LogP contribution in [-0.4, -0.2) is 24.2 Å². The van der Waals surface area contributed by atoms with E-state index in [1.807, 2.05) is 24.3 Å². The summed E-state index contributed by atoms with van der Waals surface area (Å²) in [6.45, 7) is 6.17. The molecule has 136 valence electrons. The normalized spacial score (nSPS) is 11.4. The maximum atomic E-state index is 11.0. The molecule has 1 heterocycles. The molecule has 3 rings (SSSR count). The Kier molecular flexibility index (Phi) is 5.28. The summed E-state index contributed by atoms with van der Waals surface area (Å²) in [5, 5.41) is 18.8. The van der Waals surface area contributed by atoms with Crippen LogP contribution in [0.3, 0.4) is 0 Å². The van der Waals surface area contributed by atoms with Crippen molar-refractivity contribution in [2.24, 2.45) is 0 Å². The fraction of sp³-hybridized carbons (Fsp3) is 0.182. The highest BCUT2D eigenvalue weighted by Gasteiger charge is 2.10. The van der Waals surface area contributed by atoms with E-state index < -0.39 is 5.97 Å². The van der Waals surface area contributed by atoms with Crippen molar-refractivity contribution >= 4 is 28.7 Å². The zero-order valence-electron chi connectivity index (χ0n) is 15.3. The Balaban J connectivity index is 1.93. The van der Waals surface area contributed by atoms with Gasteiger partial charge in [0.25, 0.3) is 0 Å². The molecule has 27 heavy (non-hydrogen) atoms. The lowest BCUT2D eigenvalue weighted by atomic mass is 10.1. The summed E-state index contributed by atoms with van der Waals surface area (Å²) < 4.78 is 5.95. The number of aliphatic carboxylic acids is 1. The predicted octanol–water partition coefficient (Wildman–Crippen LogP) is 4.94. The number of fused-ring (bicyclic) bond motifs is 1. The molecule has 0 saturated carbocycles. The van der Waals surface area contributed by atoms with Crippen molar-refractivity contribution in [2.75, 3.05) is 18.0 Å². The average molecular weight is 360 g/mol. The Bertz CT molecular complexity index is 1040. The van der Waals surface area contributed by atoms with E-state index in [-0.39, 0.29) is 5.57 Å². The highest BCUT2D eigenvalue weighted by molar-refractivity contribution is 5.97. The van der Waals surface area contributed by atoms with Crippen LogP contribution in [0.25, 0.3) is 28.4 Å². The number of hydrogen-bond donors (Lipinski definition) is 1. The molecule has 0 atom stereocenters. The fourth-order valence-electron chi connectivity index (χ4n) is 3.01. The van der Waals surface area contributed by atoms with Crippen molar-refractivity contribution in [3.8, 4) is 17.4 Å². The number of carboxylic acid groups (broad SMARTS) is 1. The van der Waals surface area contributed by atoms with Gasteiger partial charge in [0.2, 0.25) is 0 Å². The van der Waals surface area contributed by atoms with E-state index in [1.165, 1.54) is 11.8 Å². The van der Waals surface area contributed by atoms with Crippen LogP contribution >= 0.6 is 0 Å². The van der Waals surface area contributed by atoms with Crippen molar-refractivity contribution in [3.05, 3.63) is 59.7 Å². The van der Waals surface area contributed by atoms with Crippen LogP contribution in [0, 0.1) is 11.3 Å². The highest BCUT2D eigenvalue weighted by Crippen LogP contribution is 2.30. The van der Waals surface area contributed by atoms with E-state index in [0.29, 0.717) is 11.1 Å². The van der Waals surface area contributed by atoms with Gasteiger partial charge in [0.15, 0.2) is 0 Å². The first-order chi connectivity index (χ1) is 13.0. The van der Waals surface area contributed by atoms with Gasteiger partial charge in [0.05, 0.1) is 0 Å². The number of rotatable bonds is 6. The molecule has 0 unspecified atom stereocenters. The summed E-state index contributed by atoms with van der Waals surface area (Å²) >= 11 is 0. The number of furan rings is 1. The van der Waals surface area contributed by atoms with Gasteiger partial charge in [-0.1, -0.05) is 12.1 Å². The number of carboxylic acids is 1. The lowest BCUT2D eigenvalue weighted by Gasteiger charge is -2.20. The zero-order valence-corrected chi connectivity index (χ0v) is 15.3. The lowest BCUT2D eigenvalue weighted by molar-refractivity contribution is -0.132. The molecule has 0 radical (unpaired) electrons. The van der Waals surface area contributed by atoms with Crippen molar-refractivity contribution in [1.29, 1.82) is 5.26 Å². The van der Waals surface area contributed by atoms with Crippen LogP contribution in [0.4, 0.5) is 5.69 Å². The number of nitrogens with zero attached hydrogens (tertiary/aromatic N) is 2. The molecule has 0 amide bonds. The van der Waals surface area contributed by atoms with Gasteiger partial charge in [-0.3, -0.25) is 0 Å². The second-order valence-corrected chi connectivity index (χ2v) is 6.10. The van der Waals surface area contributed by atoms with Gasteiger partial charge >= 0.3 is 5.97 Å². The van der Waals surface area contributed by atoms with Crippen molar-refractivity contribution < 1.29 is 14.3 Å². The molecule has 0 aliphatic carbocycles. The van der Waals surface area contributed by atoms with Gasteiger partial charge in [-0.25, -0.2) is 4.79 Å². The lowest BCUT2D eigenvalue weighted by Crippen LogP contribution is -2.21. The van der Waals surface area contributed by atoms with Crippen LogP contribution in [0.2, 0.25) is 0 Å². The molecule has 0 aliphatic rings. The summed E-state index contributed by atoms with van der Waals surface area (Å²) in [7, 11) is 0. The van der Waals surface area contributed by atoms with Crippen LogP contribution in [0.5, 0.6) is 0 Å². The van der Waals surface area contributed by atoms with Crippen LogP contribution in [-0.2, 0) is 4.79 Å². The molecule has 0 spiro atoms. The monoisotopic (exact) mass is 360 g/mol. The van der Waals surface area contributed by atoms with E-state index >= 15 is 0 Å². The number of nitriles is 1. The maximum absolute atomic E-state index is 11.0. The molecule has 1 N–H and O–H groups in total. The Morgan fingerprint density at radius 3 is 2.44 bits per heavy atom. The number of hydrogen-bond acceptors (Lipinski definition) is 4. The summed E-state index contributed by atoms with van der Waals surface area (Å²) in [4.78, 5) is 13.3. The van der Waals surface area contributed by atoms with E-state index in [0.717, 1.165) is 29.8 Å². The topological polar surface area (TPSA) is 77.5 Å². The van der Waals surface area contributed by atoms with Gasteiger partial charge in [-0.15, -0.1) is 0 Å². The molecule has 0 aliphatic heterocycles. The summed E-state index contributed by atoms with van der Waals surface area (Å²) in [5.74, 6) is -0.498. The second-order valence-electron chi connectivity index (χ2n) is 6.10. The Morgan fingerprint density at radius 1 is 1.15 bits per heavy atom. The molecule has 0 fully saturated rings. The van der Waals surface area contributed by atoms with E-state index in [2.05, 4.69) is 30.9 Å². The molecular formula is C22H20N2O3. The quantitative estimate of drug-likeness (QED) is 0.498. The maximum Gasteiger partial charge on any atom is 0.346 e. The molecule has 0 saturated heterocycles. The first-order valence-corrected chi connectivity index (χ1v) is 8.79.